The third-order valence-electron chi connectivity index (χ3n) is 10.2. The van der Waals surface area contributed by atoms with E-state index in [0.717, 1.165) is 55.0 Å². The van der Waals surface area contributed by atoms with Crippen molar-refractivity contribution in [3.8, 4) is 11.5 Å². The lowest BCUT2D eigenvalue weighted by Gasteiger charge is -2.46. The smallest absolute Gasteiger partial charge is 0.228 e. The van der Waals surface area contributed by atoms with Gasteiger partial charge in [-0.25, -0.2) is 0 Å². The molecule has 0 bridgehead atoms. The molecule has 9 nitrogen and oxygen atoms in total. The Balaban J connectivity index is 1.45. The first-order chi connectivity index (χ1) is 21.2. The largest absolute Gasteiger partial charge is 0.497 e. The van der Waals surface area contributed by atoms with Gasteiger partial charge in [-0.1, -0.05) is 37.3 Å². The minimum absolute atomic E-state index is 0.0126. The highest BCUT2D eigenvalue weighted by Gasteiger charge is 2.49. The van der Waals surface area contributed by atoms with E-state index in [2.05, 4.69) is 42.8 Å². The molecule has 240 valence electrons. The molecular formula is C34H49N3O6Si. The molecule has 3 aliphatic heterocycles. The number of carbonyl (C=O) groups excluding carboxylic acids is 2. The molecule has 0 aromatic heterocycles. The molecule has 44 heavy (non-hydrogen) atoms. The van der Waals surface area contributed by atoms with Crippen LogP contribution in [0.4, 0.5) is 5.69 Å². The molecule has 5 rings (SSSR count). The molecule has 0 spiro atoms. The van der Waals surface area contributed by atoms with Crippen LogP contribution in [-0.4, -0.2) is 82.5 Å². The van der Waals surface area contributed by atoms with Crippen LogP contribution in [0.3, 0.4) is 0 Å². The maximum absolute atomic E-state index is 13.9. The Morgan fingerprint density at radius 1 is 1.14 bits per heavy atom. The zero-order valence-corrected chi connectivity index (χ0v) is 27.8. The summed E-state index contributed by atoms with van der Waals surface area (Å²) >= 11 is 0. The van der Waals surface area contributed by atoms with Gasteiger partial charge in [-0.15, -0.1) is 0 Å². The summed E-state index contributed by atoms with van der Waals surface area (Å²) in [6.07, 6.45) is 3.42. The summed E-state index contributed by atoms with van der Waals surface area (Å²) in [6, 6.07) is 13.9. The van der Waals surface area contributed by atoms with Crippen molar-refractivity contribution in [2.24, 2.45) is 11.8 Å². The van der Waals surface area contributed by atoms with Crippen molar-refractivity contribution in [3.63, 3.8) is 0 Å². The number of anilines is 1. The first-order valence-electron chi connectivity index (χ1n) is 16.1. The number of piperidine rings is 1. The van der Waals surface area contributed by atoms with E-state index >= 15 is 0 Å². The Morgan fingerprint density at radius 3 is 2.57 bits per heavy atom. The van der Waals surface area contributed by atoms with E-state index in [-0.39, 0.29) is 54.0 Å². The van der Waals surface area contributed by atoms with Crippen LogP contribution in [0.15, 0.2) is 42.5 Å². The van der Waals surface area contributed by atoms with Crippen molar-refractivity contribution < 1.29 is 28.9 Å². The molecule has 2 aromatic carbocycles. The predicted octanol–water partition coefficient (Wildman–Crippen LogP) is 4.08. The first kappa shape index (κ1) is 32.5. The fraction of sp³-hybridized carbons (Fsp3) is 0.588. The fourth-order valence-electron chi connectivity index (χ4n) is 7.45. The summed E-state index contributed by atoms with van der Waals surface area (Å²) in [6.45, 7) is 9.09. The molecule has 3 heterocycles. The highest BCUT2D eigenvalue weighted by molar-refractivity contribution is 6.91. The zero-order valence-electron chi connectivity index (χ0n) is 26.8. The summed E-state index contributed by atoms with van der Waals surface area (Å²) in [7, 11) is 1.04. The average molecular weight is 624 g/mol. The lowest BCUT2D eigenvalue weighted by atomic mass is 9.86. The van der Waals surface area contributed by atoms with Gasteiger partial charge in [-0.3, -0.25) is 9.59 Å². The van der Waals surface area contributed by atoms with Crippen molar-refractivity contribution >= 4 is 30.8 Å². The number of hydrogen-bond donors (Lipinski definition) is 3. The van der Waals surface area contributed by atoms with E-state index < -0.39 is 8.07 Å². The zero-order chi connectivity index (χ0) is 31.4. The number of methoxy groups -OCH3 is 2. The first-order valence-corrected chi connectivity index (χ1v) is 19.2. The van der Waals surface area contributed by atoms with Gasteiger partial charge in [0, 0.05) is 49.3 Å². The van der Waals surface area contributed by atoms with E-state index in [9.17, 15) is 14.7 Å². The SMILES string of the molecule is COc1ccc([Si](C)(C)C(CC(=O)N2CCC[C@H]2CO)[C@@H]2Oc3ccc(NC(=O)C4CCCNC4)cc3[C@H](OC)[C@H]2C)cc1. The molecule has 0 radical (unpaired) electrons. The van der Waals surface area contributed by atoms with Crippen LogP contribution in [0, 0.1) is 11.8 Å². The predicted molar refractivity (Wildman–Crippen MR) is 174 cm³/mol. The number of rotatable bonds is 10. The maximum Gasteiger partial charge on any atom is 0.228 e. The van der Waals surface area contributed by atoms with Crippen LogP contribution in [-0.2, 0) is 14.3 Å². The van der Waals surface area contributed by atoms with E-state index in [1.54, 1.807) is 14.2 Å². The van der Waals surface area contributed by atoms with Gasteiger partial charge in [0.15, 0.2) is 0 Å². The van der Waals surface area contributed by atoms with Gasteiger partial charge in [0.2, 0.25) is 11.8 Å². The van der Waals surface area contributed by atoms with Crippen LogP contribution in [0.5, 0.6) is 11.5 Å². The third kappa shape index (κ3) is 6.68. The molecule has 2 fully saturated rings. The highest BCUT2D eigenvalue weighted by Crippen LogP contribution is 2.48. The second kappa shape index (κ2) is 14.0. The molecule has 0 aliphatic carbocycles. The number of nitrogens with one attached hydrogen (secondary N) is 2. The molecule has 10 heteroatoms. The third-order valence-corrected chi connectivity index (χ3v) is 14.4. The summed E-state index contributed by atoms with van der Waals surface area (Å²) in [4.78, 5) is 28.8. The summed E-state index contributed by atoms with van der Waals surface area (Å²) < 4.78 is 18.4. The van der Waals surface area contributed by atoms with Crippen molar-refractivity contribution in [3.05, 3.63) is 48.0 Å². The summed E-state index contributed by atoms with van der Waals surface area (Å²) in [5, 5.41) is 17.6. The number of aliphatic hydroxyl groups is 1. The second-order valence-corrected chi connectivity index (χ2v) is 18.0. The van der Waals surface area contributed by atoms with Gasteiger partial charge in [0.25, 0.3) is 0 Å². The monoisotopic (exact) mass is 623 g/mol. The number of fused-ring (bicyclic) bond motifs is 1. The fourth-order valence-corrected chi connectivity index (χ4v) is 10.8. The standard InChI is InChI=1S/C34H49N3O6Si/c1-22-32(42-3)28-18-24(36-34(40)23-8-6-16-35-20-23)10-15-29(28)43-33(22)30(19-31(39)37-17-7-9-25(37)21-38)44(4,5)27-13-11-26(41-2)12-14-27/h10-15,18,22-23,25,30,32-33,35,38H,6-9,16-17,19-21H2,1-5H3,(H,36,40)/t22-,23?,25+,30?,32-,33-/m1/s1. The lowest BCUT2D eigenvalue weighted by Crippen LogP contribution is -2.55. The lowest BCUT2D eigenvalue weighted by molar-refractivity contribution is -0.133. The van der Waals surface area contributed by atoms with Gasteiger partial charge >= 0.3 is 0 Å². The quantitative estimate of drug-likeness (QED) is 0.343. The highest BCUT2D eigenvalue weighted by atomic mass is 28.3. The molecule has 3 aliphatic rings. The van der Waals surface area contributed by atoms with Crippen molar-refractivity contribution in [1.29, 1.82) is 0 Å². The Labute approximate surface area is 262 Å². The van der Waals surface area contributed by atoms with E-state index in [4.69, 9.17) is 14.2 Å². The number of benzene rings is 2. The van der Waals surface area contributed by atoms with Crippen LogP contribution >= 0.6 is 0 Å². The maximum atomic E-state index is 13.9. The van der Waals surface area contributed by atoms with Crippen molar-refractivity contribution in [2.75, 3.05) is 45.8 Å². The molecule has 2 saturated heterocycles. The minimum atomic E-state index is -2.34. The number of hydrogen-bond acceptors (Lipinski definition) is 7. The van der Waals surface area contributed by atoms with Crippen molar-refractivity contribution in [1.82, 2.24) is 10.2 Å². The molecule has 0 saturated carbocycles. The average Bonchev–Trinajstić information content (AvgIpc) is 3.53. The van der Waals surface area contributed by atoms with Crippen LogP contribution in [0.1, 0.15) is 50.7 Å². The van der Waals surface area contributed by atoms with Crippen LogP contribution in [0.25, 0.3) is 0 Å². The number of ether oxygens (including phenoxy) is 3. The number of aliphatic hydroxyl groups excluding tert-OH is 1. The van der Waals surface area contributed by atoms with E-state index in [0.29, 0.717) is 19.5 Å². The van der Waals surface area contributed by atoms with Crippen LogP contribution < -0.4 is 25.3 Å². The van der Waals surface area contributed by atoms with Gasteiger partial charge in [0.05, 0.1) is 39.9 Å². The topological polar surface area (TPSA) is 109 Å². The van der Waals surface area contributed by atoms with Crippen LogP contribution in [0.2, 0.25) is 18.6 Å². The van der Waals surface area contributed by atoms with Crippen molar-refractivity contribution in [2.45, 2.75) is 75.9 Å². The number of likely N-dealkylation sites (tertiary alicyclic amines) is 1. The molecule has 2 amide bonds. The molecule has 2 aromatic rings. The van der Waals surface area contributed by atoms with E-state index in [1.165, 1.54) is 5.19 Å². The Morgan fingerprint density at radius 2 is 1.91 bits per heavy atom. The Kier molecular flexibility index (Phi) is 10.3. The van der Waals surface area contributed by atoms with Gasteiger partial charge in [0.1, 0.15) is 17.6 Å². The van der Waals surface area contributed by atoms with E-state index in [1.807, 2.05) is 35.2 Å². The molecule has 3 N–H and O–H groups in total. The van der Waals surface area contributed by atoms with Gasteiger partial charge in [-0.05, 0) is 62.6 Å². The minimum Gasteiger partial charge on any atom is -0.497 e. The number of nitrogens with zero attached hydrogens (tertiary/aromatic N) is 1. The number of carbonyl (C=O) groups is 2. The van der Waals surface area contributed by atoms with Gasteiger partial charge in [-0.2, -0.15) is 0 Å². The second-order valence-electron chi connectivity index (χ2n) is 13.2. The molecule has 6 atom stereocenters. The summed E-state index contributed by atoms with van der Waals surface area (Å²) in [5.41, 5.74) is 1.58. The Bertz CT molecular complexity index is 1300. The normalized spacial score (nSPS) is 26.0. The number of amides is 2. The van der Waals surface area contributed by atoms with Gasteiger partial charge < -0.3 is 34.9 Å². The molecule has 2 unspecified atom stereocenters. The molecular weight excluding hydrogens is 574 g/mol. The summed E-state index contributed by atoms with van der Waals surface area (Å²) in [5.74, 6) is 1.53. The Hall–Kier alpha value is -2.92.